The molecular formula is C15H23N. The summed E-state index contributed by atoms with van der Waals surface area (Å²) in [4.78, 5) is 2.47. The largest absolute Gasteiger partial charge is 0.304 e. The Hall–Kier alpha value is -1.08. The van der Waals surface area contributed by atoms with Gasteiger partial charge in [0.1, 0.15) is 0 Å². The molecular weight excluding hydrogens is 194 g/mol. The van der Waals surface area contributed by atoms with E-state index in [2.05, 4.69) is 61.2 Å². The molecule has 1 heteroatoms. The van der Waals surface area contributed by atoms with E-state index in [-0.39, 0.29) is 0 Å². The van der Waals surface area contributed by atoms with Gasteiger partial charge in [0.25, 0.3) is 0 Å². The molecule has 16 heavy (non-hydrogen) atoms. The standard InChI is InChI=1S/C15H23N/c1-3-16(4-2)14-10-6-9-13-15-11-7-5-8-12-15/h5,7-9,11-13H,3-4,6,10,14H2,1-2H3/b13-9+. The Morgan fingerprint density at radius 1 is 1.06 bits per heavy atom. The van der Waals surface area contributed by atoms with Crippen LogP contribution in [0.15, 0.2) is 36.4 Å². The highest BCUT2D eigenvalue weighted by Crippen LogP contribution is 2.03. The van der Waals surface area contributed by atoms with Crippen LogP contribution in [0.4, 0.5) is 0 Å². The second-order valence-corrected chi connectivity index (χ2v) is 3.98. The van der Waals surface area contributed by atoms with Crippen LogP contribution >= 0.6 is 0 Å². The smallest absolute Gasteiger partial charge is 0.00160 e. The molecule has 0 saturated carbocycles. The third-order valence-corrected chi connectivity index (χ3v) is 2.85. The van der Waals surface area contributed by atoms with E-state index in [0.29, 0.717) is 0 Å². The first kappa shape index (κ1) is 13.0. The summed E-state index contributed by atoms with van der Waals surface area (Å²) in [5, 5.41) is 0. The first-order valence-corrected chi connectivity index (χ1v) is 6.30. The molecule has 0 aliphatic carbocycles. The fourth-order valence-corrected chi connectivity index (χ4v) is 1.76. The maximum absolute atomic E-state index is 2.47. The highest BCUT2D eigenvalue weighted by molar-refractivity contribution is 5.48. The number of allylic oxidation sites excluding steroid dienone is 1. The zero-order valence-corrected chi connectivity index (χ0v) is 10.5. The molecule has 0 saturated heterocycles. The molecule has 0 bridgehead atoms. The predicted molar refractivity (Wildman–Crippen MR) is 72.5 cm³/mol. The number of hydrogen-bond acceptors (Lipinski definition) is 1. The molecule has 1 aromatic carbocycles. The van der Waals surface area contributed by atoms with E-state index in [4.69, 9.17) is 0 Å². The molecule has 1 nitrogen and oxygen atoms in total. The Labute approximate surface area is 99.8 Å². The highest BCUT2D eigenvalue weighted by Gasteiger charge is 1.95. The minimum absolute atomic E-state index is 1.17. The van der Waals surface area contributed by atoms with Crippen LogP contribution in [0, 0.1) is 0 Å². The SMILES string of the molecule is CCN(CC)CCC/C=C/c1ccccc1. The third-order valence-electron chi connectivity index (χ3n) is 2.85. The van der Waals surface area contributed by atoms with Crippen molar-refractivity contribution in [3.63, 3.8) is 0 Å². The van der Waals surface area contributed by atoms with Gasteiger partial charge in [-0.3, -0.25) is 0 Å². The predicted octanol–water partition coefficient (Wildman–Crippen LogP) is 3.82. The van der Waals surface area contributed by atoms with Gasteiger partial charge in [-0.1, -0.05) is 56.3 Å². The minimum atomic E-state index is 1.17. The molecule has 0 fully saturated rings. The highest BCUT2D eigenvalue weighted by atomic mass is 15.1. The van der Waals surface area contributed by atoms with Crippen molar-refractivity contribution in [2.75, 3.05) is 19.6 Å². The molecule has 0 aliphatic rings. The molecule has 0 heterocycles. The van der Waals surface area contributed by atoms with Gasteiger partial charge in [0.2, 0.25) is 0 Å². The average molecular weight is 217 g/mol. The van der Waals surface area contributed by atoms with Gasteiger partial charge in [0, 0.05) is 0 Å². The first-order chi connectivity index (χ1) is 7.86. The van der Waals surface area contributed by atoms with Crippen LogP contribution in [0.25, 0.3) is 6.08 Å². The molecule has 0 spiro atoms. The lowest BCUT2D eigenvalue weighted by Gasteiger charge is -2.16. The lowest BCUT2D eigenvalue weighted by Crippen LogP contribution is -2.23. The molecule has 0 aliphatic heterocycles. The lowest BCUT2D eigenvalue weighted by molar-refractivity contribution is 0.301. The van der Waals surface area contributed by atoms with Gasteiger partial charge in [-0.2, -0.15) is 0 Å². The summed E-state index contributed by atoms with van der Waals surface area (Å²) in [6, 6.07) is 10.5. The van der Waals surface area contributed by atoms with E-state index in [9.17, 15) is 0 Å². The zero-order chi connectivity index (χ0) is 11.6. The van der Waals surface area contributed by atoms with Crippen LogP contribution < -0.4 is 0 Å². The molecule has 0 atom stereocenters. The molecule has 88 valence electrons. The van der Waals surface area contributed by atoms with Crippen molar-refractivity contribution in [3.05, 3.63) is 42.0 Å². The molecule has 0 amide bonds. The van der Waals surface area contributed by atoms with Gasteiger partial charge in [0.05, 0.1) is 0 Å². The average Bonchev–Trinajstić information content (AvgIpc) is 2.35. The number of hydrogen-bond donors (Lipinski definition) is 0. The van der Waals surface area contributed by atoms with Crippen LogP contribution in [-0.2, 0) is 0 Å². The molecule has 0 aromatic heterocycles. The number of rotatable bonds is 7. The Morgan fingerprint density at radius 2 is 1.75 bits per heavy atom. The molecule has 0 unspecified atom stereocenters. The zero-order valence-electron chi connectivity index (χ0n) is 10.5. The van der Waals surface area contributed by atoms with Crippen LogP contribution in [0.1, 0.15) is 32.3 Å². The van der Waals surface area contributed by atoms with Gasteiger partial charge < -0.3 is 4.90 Å². The van der Waals surface area contributed by atoms with Crippen LogP contribution in [0.2, 0.25) is 0 Å². The van der Waals surface area contributed by atoms with E-state index in [1.54, 1.807) is 0 Å². The van der Waals surface area contributed by atoms with Gasteiger partial charge in [-0.25, -0.2) is 0 Å². The minimum Gasteiger partial charge on any atom is -0.304 e. The topological polar surface area (TPSA) is 3.24 Å². The summed E-state index contributed by atoms with van der Waals surface area (Å²) in [6.45, 7) is 8.00. The second kappa shape index (κ2) is 8.12. The van der Waals surface area contributed by atoms with E-state index in [0.717, 1.165) is 0 Å². The van der Waals surface area contributed by atoms with Crippen molar-refractivity contribution < 1.29 is 0 Å². The third kappa shape index (κ3) is 5.13. The summed E-state index contributed by atoms with van der Waals surface area (Å²) in [7, 11) is 0. The normalized spacial score (nSPS) is 11.4. The second-order valence-electron chi connectivity index (χ2n) is 3.98. The van der Waals surface area contributed by atoms with Gasteiger partial charge >= 0.3 is 0 Å². The van der Waals surface area contributed by atoms with Gasteiger partial charge in [-0.05, 0) is 38.0 Å². The van der Waals surface area contributed by atoms with Crippen LogP contribution in [0.3, 0.4) is 0 Å². The molecule has 0 N–H and O–H groups in total. The van der Waals surface area contributed by atoms with Crippen molar-refractivity contribution >= 4 is 6.08 Å². The summed E-state index contributed by atoms with van der Waals surface area (Å²) >= 11 is 0. The van der Waals surface area contributed by atoms with Crippen molar-refractivity contribution in [1.82, 2.24) is 4.90 Å². The van der Waals surface area contributed by atoms with E-state index < -0.39 is 0 Å². The molecule has 1 rings (SSSR count). The number of nitrogens with zero attached hydrogens (tertiary/aromatic N) is 1. The number of unbranched alkanes of at least 4 members (excludes halogenated alkanes) is 1. The van der Waals surface area contributed by atoms with Crippen molar-refractivity contribution in [2.45, 2.75) is 26.7 Å². The quantitative estimate of drug-likeness (QED) is 0.628. The summed E-state index contributed by atoms with van der Waals surface area (Å²) < 4.78 is 0. The van der Waals surface area contributed by atoms with E-state index >= 15 is 0 Å². The van der Waals surface area contributed by atoms with Crippen molar-refractivity contribution in [1.29, 1.82) is 0 Å². The van der Waals surface area contributed by atoms with Gasteiger partial charge in [-0.15, -0.1) is 0 Å². The fraction of sp³-hybridized carbons (Fsp3) is 0.467. The maximum atomic E-state index is 2.47. The van der Waals surface area contributed by atoms with E-state index in [1.807, 2.05) is 0 Å². The summed E-state index contributed by atoms with van der Waals surface area (Å²) in [5.41, 5.74) is 1.30. The maximum Gasteiger partial charge on any atom is -0.00160 e. The number of benzene rings is 1. The first-order valence-electron chi connectivity index (χ1n) is 6.30. The molecule has 1 aromatic rings. The summed E-state index contributed by atoms with van der Waals surface area (Å²) in [5.74, 6) is 0. The van der Waals surface area contributed by atoms with Crippen LogP contribution in [-0.4, -0.2) is 24.5 Å². The fourth-order valence-electron chi connectivity index (χ4n) is 1.76. The van der Waals surface area contributed by atoms with E-state index in [1.165, 1.54) is 38.0 Å². The van der Waals surface area contributed by atoms with Crippen molar-refractivity contribution in [3.8, 4) is 0 Å². The Balaban J connectivity index is 2.18. The van der Waals surface area contributed by atoms with Crippen LogP contribution in [0.5, 0.6) is 0 Å². The molecule has 0 radical (unpaired) electrons. The van der Waals surface area contributed by atoms with Gasteiger partial charge in [0.15, 0.2) is 0 Å². The monoisotopic (exact) mass is 217 g/mol. The Bertz CT molecular complexity index is 286. The lowest BCUT2D eigenvalue weighted by atomic mass is 10.2. The Kier molecular flexibility index (Phi) is 6.59. The Morgan fingerprint density at radius 3 is 2.38 bits per heavy atom. The van der Waals surface area contributed by atoms with Crippen molar-refractivity contribution in [2.24, 2.45) is 0 Å². The summed E-state index contributed by atoms with van der Waals surface area (Å²) in [6.07, 6.45) is 6.91.